The van der Waals surface area contributed by atoms with Gasteiger partial charge in [0.25, 0.3) is 0 Å². The minimum Gasteiger partial charge on any atom is -0.391 e. The summed E-state index contributed by atoms with van der Waals surface area (Å²) in [6.07, 6.45) is 1.06. The van der Waals surface area contributed by atoms with Crippen LogP contribution in [0.1, 0.15) is 32.3 Å². The summed E-state index contributed by atoms with van der Waals surface area (Å²) in [5.74, 6) is 0.221. The second-order valence-electron chi connectivity index (χ2n) is 8.80. The number of piperidine rings is 1. The Bertz CT molecular complexity index is 710. The molecule has 3 atom stereocenters. The maximum Gasteiger partial charge on any atom is 0.161 e. The van der Waals surface area contributed by atoms with Crippen LogP contribution < -0.4 is 0 Å². The number of nitrogens with zero attached hydrogens (tertiary/aromatic N) is 2. The van der Waals surface area contributed by atoms with Crippen molar-refractivity contribution in [3.05, 3.63) is 47.2 Å². The highest BCUT2D eigenvalue weighted by molar-refractivity contribution is 5.98. The first-order chi connectivity index (χ1) is 11.9. The van der Waals surface area contributed by atoms with Crippen molar-refractivity contribution in [2.24, 2.45) is 11.3 Å². The average molecular weight is 340 g/mol. The second kappa shape index (κ2) is 5.96. The number of ketones is 1. The van der Waals surface area contributed by atoms with Crippen LogP contribution in [-0.4, -0.2) is 53.0 Å². The molecule has 134 valence electrons. The van der Waals surface area contributed by atoms with E-state index in [1.807, 2.05) is 6.07 Å². The van der Waals surface area contributed by atoms with Crippen molar-refractivity contribution < 1.29 is 9.90 Å². The van der Waals surface area contributed by atoms with E-state index < -0.39 is 6.10 Å². The predicted octanol–water partition coefficient (Wildman–Crippen LogP) is 2.44. The molecule has 0 aromatic heterocycles. The lowest BCUT2D eigenvalue weighted by Gasteiger charge is -2.41. The molecule has 1 aromatic carbocycles. The summed E-state index contributed by atoms with van der Waals surface area (Å²) in [6.45, 7) is 6.72. The number of likely N-dealkylation sites (N-methyl/N-ethyl adjacent to an activating group) is 1. The molecule has 1 fully saturated rings. The second-order valence-corrected chi connectivity index (χ2v) is 8.80. The molecule has 0 bridgehead atoms. The number of benzene rings is 1. The Morgan fingerprint density at radius 1 is 1.16 bits per heavy atom. The normalized spacial score (nSPS) is 31.9. The van der Waals surface area contributed by atoms with Gasteiger partial charge in [-0.25, -0.2) is 0 Å². The topological polar surface area (TPSA) is 43.8 Å². The maximum absolute atomic E-state index is 13.0. The Balaban J connectivity index is 1.75. The van der Waals surface area contributed by atoms with Crippen LogP contribution in [-0.2, 0) is 11.3 Å². The molecule has 1 N–H and O–H groups in total. The van der Waals surface area contributed by atoms with Gasteiger partial charge in [-0.05, 0) is 24.4 Å². The Labute approximate surface area is 150 Å². The largest absolute Gasteiger partial charge is 0.391 e. The molecule has 25 heavy (non-hydrogen) atoms. The number of hydrogen-bond acceptors (Lipinski definition) is 4. The first kappa shape index (κ1) is 16.8. The number of allylic oxidation sites excluding steroid dienone is 1. The molecular formula is C21H28N2O2. The highest BCUT2D eigenvalue weighted by atomic mass is 16.3. The van der Waals surface area contributed by atoms with Gasteiger partial charge in [0.05, 0.1) is 12.1 Å². The summed E-state index contributed by atoms with van der Waals surface area (Å²) >= 11 is 0. The van der Waals surface area contributed by atoms with Crippen molar-refractivity contribution in [2.75, 3.05) is 20.1 Å². The molecule has 1 saturated heterocycles. The molecule has 1 aromatic rings. The fourth-order valence-electron chi connectivity index (χ4n) is 5.00. The van der Waals surface area contributed by atoms with Gasteiger partial charge >= 0.3 is 0 Å². The standard InChI is InChI=1S/C21H28N2O2/c1-21(2)9-15-19(17(24)10-21)20-16(12-22(3)13-18(20)25)23(15)11-14-7-5-4-6-8-14/h4-8,16,18,20,25H,9-13H2,1-3H3/t16-,18-,20-/m0/s1. The van der Waals surface area contributed by atoms with Crippen LogP contribution in [0.2, 0.25) is 0 Å². The third-order valence-electron chi connectivity index (χ3n) is 6.00. The van der Waals surface area contributed by atoms with E-state index in [1.54, 1.807) is 0 Å². The number of β-amino-alcohol motifs (C(OH)–C–C–N with tert-alkyl or cyclic N) is 1. The number of Topliss-reactive ketones (excluding diaryl/α,β-unsaturated/α-hetero) is 1. The van der Waals surface area contributed by atoms with Crippen LogP contribution in [0.15, 0.2) is 41.6 Å². The first-order valence-corrected chi connectivity index (χ1v) is 9.29. The van der Waals surface area contributed by atoms with Crippen LogP contribution in [0.3, 0.4) is 0 Å². The number of carbonyl (C=O) groups is 1. The monoisotopic (exact) mass is 340 g/mol. The highest BCUT2D eigenvalue weighted by Gasteiger charge is 2.52. The zero-order chi connectivity index (χ0) is 17.8. The van der Waals surface area contributed by atoms with Gasteiger partial charge in [-0.2, -0.15) is 0 Å². The minimum atomic E-state index is -0.459. The molecule has 1 aliphatic carbocycles. The molecule has 0 spiro atoms. The number of aliphatic hydroxyl groups excluding tert-OH is 1. The maximum atomic E-state index is 13.0. The lowest BCUT2D eigenvalue weighted by molar-refractivity contribution is -0.119. The SMILES string of the molecule is CN1C[C@H](O)[C@H]2C3=C(CC(C)(C)CC3=O)N(Cc3ccccc3)[C@H]2C1. The summed E-state index contributed by atoms with van der Waals surface area (Å²) < 4.78 is 0. The number of fused-ring (bicyclic) bond motifs is 2. The summed E-state index contributed by atoms with van der Waals surface area (Å²) in [5.41, 5.74) is 3.37. The van der Waals surface area contributed by atoms with Crippen molar-refractivity contribution in [3.8, 4) is 0 Å². The van der Waals surface area contributed by atoms with Crippen LogP contribution in [0.25, 0.3) is 0 Å². The molecule has 0 unspecified atom stereocenters. The Morgan fingerprint density at radius 2 is 1.88 bits per heavy atom. The van der Waals surface area contributed by atoms with Gasteiger partial charge in [-0.3, -0.25) is 4.79 Å². The molecule has 4 rings (SSSR count). The van der Waals surface area contributed by atoms with E-state index in [2.05, 4.69) is 55.0 Å². The molecule has 0 amide bonds. The Morgan fingerprint density at radius 3 is 2.60 bits per heavy atom. The van der Waals surface area contributed by atoms with Crippen molar-refractivity contribution in [1.82, 2.24) is 9.80 Å². The summed E-state index contributed by atoms with van der Waals surface area (Å²) in [7, 11) is 2.06. The molecular weight excluding hydrogens is 312 g/mol. The van der Waals surface area contributed by atoms with E-state index in [4.69, 9.17) is 0 Å². The van der Waals surface area contributed by atoms with Gasteiger partial charge in [-0.1, -0.05) is 44.2 Å². The quantitative estimate of drug-likeness (QED) is 0.898. The van der Waals surface area contributed by atoms with E-state index in [1.165, 1.54) is 11.3 Å². The fraction of sp³-hybridized carbons (Fsp3) is 0.571. The van der Waals surface area contributed by atoms with Crippen molar-refractivity contribution in [3.63, 3.8) is 0 Å². The average Bonchev–Trinajstić information content (AvgIpc) is 2.82. The third kappa shape index (κ3) is 2.91. The molecule has 3 aliphatic rings. The number of hydrogen-bond donors (Lipinski definition) is 1. The van der Waals surface area contributed by atoms with Gasteiger partial charge in [0.15, 0.2) is 5.78 Å². The fourth-order valence-corrected chi connectivity index (χ4v) is 5.00. The molecule has 4 nitrogen and oxygen atoms in total. The first-order valence-electron chi connectivity index (χ1n) is 9.29. The van der Waals surface area contributed by atoms with E-state index >= 15 is 0 Å². The Kier molecular flexibility index (Phi) is 4.00. The van der Waals surface area contributed by atoms with Gasteiger partial charge in [-0.15, -0.1) is 0 Å². The third-order valence-corrected chi connectivity index (χ3v) is 6.00. The molecule has 2 aliphatic heterocycles. The summed E-state index contributed by atoms with van der Waals surface area (Å²) in [6, 6.07) is 10.6. The lowest BCUT2D eigenvalue weighted by atomic mass is 9.72. The Hall–Kier alpha value is -1.65. The van der Waals surface area contributed by atoms with Crippen LogP contribution in [0.4, 0.5) is 0 Å². The number of carbonyl (C=O) groups excluding carboxylic acids is 1. The van der Waals surface area contributed by atoms with E-state index in [0.717, 1.165) is 25.1 Å². The molecule has 4 heteroatoms. The van der Waals surface area contributed by atoms with Crippen molar-refractivity contribution in [2.45, 2.75) is 45.4 Å². The number of likely N-dealkylation sites (tertiary alicyclic amines) is 1. The van der Waals surface area contributed by atoms with E-state index in [0.29, 0.717) is 13.0 Å². The summed E-state index contributed by atoms with van der Waals surface area (Å²) in [4.78, 5) is 17.6. The smallest absolute Gasteiger partial charge is 0.161 e. The van der Waals surface area contributed by atoms with Gasteiger partial charge < -0.3 is 14.9 Å². The van der Waals surface area contributed by atoms with E-state index in [9.17, 15) is 9.90 Å². The van der Waals surface area contributed by atoms with Gasteiger partial charge in [0, 0.05) is 43.2 Å². The lowest BCUT2D eigenvalue weighted by Crippen LogP contribution is -2.54. The predicted molar refractivity (Wildman–Crippen MR) is 97.8 cm³/mol. The summed E-state index contributed by atoms with van der Waals surface area (Å²) in [5, 5.41) is 10.8. The van der Waals surface area contributed by atoms with Gasteiger partial charge in [0.2, 0.25) is 0 Å². The number of aliphatic hydroxyl groups is 1. The number of rotatable bonds is 2. The molecule has 2 heterocycles. The van der Waals surface area contributed by atoms with Crippen molar-refractivity contribution in [1.29, 1.82) is 0 Å². The van der Waals surface area contributed by atoms with E-state index in [-0.39, 0.29) is 23.2 Å². The molecule has 0 radical (unpaired) electrons. The van der Waals surface area contributed by atoms with Crippen LogP contribution >= 0.6 is 0 Å². The van der Waals surface area contributed by atoms with Crippen molar-refractivity contribution >= 4 is 5.78 Å². The zero-order valence-electron chi connectivity index (χ0n) is 15.4. The minimum absolute atomic E-state index is 0.00476. The molecule has 0 saturated carbocycles. The van der Waals surface area contributed by atoms with Crippen LogP contribution in [0.5, 0.6) is 0 Å². The van der Waals surface area contributed by atoms with Gasteiger partial charge in [0.1, 0.15) is 0 Å². The zero-order valence-corrected chi connectivity index (χ0v) is 15.4. The highest BCUT2D eigenvalue weighted by Crippen LogP contribution is 2.49. The van der Waals surface area contributed by atoms with Crippen LogP contribution in [0, 0.1) is 11.3 Å².